The number of H-pyrrole nitrogens is 1. The highest BCUT2D eigenvalue weighted by Crippen LogP contribution is 2.47. The number of nitrogens with zero attached hydrogens (tertiary/aromatic N) is 2. The molecule has 1 saturated carbocycles. The van der Waals surface area contributed by atoms with Crippen molar-refractivity contribution in [2.75, 3.05) is 18.0 Å². The molecule has 4 N–H and O–H groups in total. The molecule has 3 atom stereocenters. The maximum absolute atomic E-state index is 12.4. The Hall–Kier alpha value is -1.77. The van der Waals surface area contributed by atoms with Gasteiger partial charge in [-0.05, 0) is 13.8 Å². The summed E-state index contributed by atoms with van der Waals surface area (Å²) in [6.45, 7) is 5.14. The molecule has 10 heteroatoms. The van der Waals surface area contributed by atoms with Crippen molar-refractivity contribution in [3.8, 4) is 0 Å². The number of hydrogen-bond donors (Lipinski definition) is 3. The number of anilines is 1. The Bertz CT molecular complexity index is 912. The Labute approximate surface area is 163 Å². The molecule has 0 unspecified atom stereocenters. The fraction of sp³-hybridized carbons (Fsp3) is 0.438. The predicted molar refractivity (Wildman–Crippen MR) is 101 cm³/mol. The lowest BCUT2D eigenvalue weighted by atomic mass is 10.3. The second-order valence-electron chi connectivity index (χ2n) is 6.76. The summed E-state index contributed by atoms with van der Waals surface area (Å²) in [5.41, 5.74) is 7.00. The van der Waals surface area contributed by atoms with Gasteiger partial charge < -0.3 is 20.9 Å². The van der Waals surface area contributed by atoms with Crippen LogP contribution in [0.2, 0.25) is 10.0 Å². The van der Waals surface area contributed by atoms with E-state index in [0.717, 1.165) is 18.2 Å². The number of amides is 2. The van der Waals surface area contributed by atoms with Crippen molar-refractivity contribution in [2.24, 2.45) is 17.6 Å². The first kappa shape index (κ1) is 17.6. The van der Waals surface area contributed by atoms with Crippen LogP contribution >= 0.6 is 34.5 Å². The summed E-state index contributed by atoms with van der Waals surface area (Å²) >= 11 is 13.4. The van der Waals surface area contributed by atoms with Crippen molar-refractivity contribution in [3.63, 3.8) is 0 Å². The largest absolute Gasteiger partial charge is 0.365 e. The molecule has 0 bridgehead atoms. The van der Waals surface area contributed by atoms with Gasteiger partial charge in [0.2, 0.25) is 0 Å². The van der Waals surface area contributed by atoms with Gasteiger partial charge in [-0.2, -0.15) is 0 Å². The number of carbonyl (C=O) groups excluding carboxylic acids is 2. The van der Waals surface area contributed by atoms with Crippen LogP contribution in [-0.4, -0.2) is 40.9 Å². The molecule has 4 rings (SSSR count). The van der Waals surface area contributed by atoms with Crippen LogP contribution in [0.3, 0.4) is 0 Å². The second-order valence-corrected chi connectivity index (χ2v) is 8.49. The molecule has 0 aromatic carbocycles. The molecule has 2 amide bonds. The third kappa shape index (κ3) is 2.76. The number of nitrogens with one attached hydrogen (secondary N) is 2. The monoisotopic (exact) mass is 413 g/mol. The van der Waals surface area contributed by atoms with Gasteiger partial charge in [-0.1, -0.05) is 34.5 Å². The van der Waals surface area contributed by atoms with Crippen molar-refractivity contribution in [1.82, 2.24) is 15.3 Å². The van der Waals surface area contributed by atoms with E-state index in [9.17, 15) is 9.59 Å². The highest BCUT2D eigenvalue weighted by atomic mass is 35.5. The van der Waals surface area contributed by atoms with E-state index in [2.05, 4.69) is 20.2 Å². The van der Waals surface area contributed by atoms with Crippen molar-refractivity contribution in [2.45, 2.75) is 19.9 Å². The van der Waals surface area contributed by atoms with Crippen LogP contribution in [0, 0.1) is 25.7 Å². The standard InChI is InChI=1S/C16H17Cl2N5O2S/c1-5-9(17)10(18)12(20-5)15(25)22-11-7-3-23(4-8(7)11)16-21-6(2)13(26-16)14(19)24/h7-8,11,20H,3-4H2,1-2H3,(H2,19,24)(H,22,25)/t7-,8+,11+. The van der Waals surface area contributed by atoms with Crippen LogP contribution in [-0.2, 0) is 0 Å². The number of thiazole rings is 1. The number of hydrogen-bond acceptors (Lipinski definition) is 5. The van der Waals surface area contributed by atoms with Crippen LogP contribution < -0.4 is 16.0 Å². The first-order valence-electron chi connectivity index (χ1n) is 8.14. The van der Waals surface area contributed by atoms with Gasteiger partial charge in [0.25, 0.3) is 11.8 Å². The van der Waals surface area contributed by atoms with E-state index in [4.69, 9.17) is 28.9 Å². The molecule has 0 spiro atoms. The van der Waals surface area contributed by atoms with E-state index in [1.165, 1.54) is 11.3 Å². The zero-order valence-corrected chi connectivity index (χ0v) is 16.4. The SMILES string of the molecule is Cc1nc(N2C[C@@H]3[C@H](C2)[C@H]3NC(=O)c2[nH]c(C)c(Cl)c2Cl)sc1C(N)=O. The third-order valence-electron chi connectivity index (χ3n) is 5.05. The minimum atomic E-state index is -0.447. The summed E-state index contributed by atoms with van der Waals surface area (Å²) in [5, 5.41) is 4.47. The molecule has 1 aliphatic heterocycles. The van der Waals surface area contributed by atoms with E-state index >= 15 is 0 Å². The Balaban J connectivity index is 1.39. The van der Waals surface area contributed by atoms with Crippen LogP contribution in [0.1, 0.15) is 31.5 Å². The van der Waals surface area contributed by atoms with Crippen LogP contribution in [0.15, 0.2) is 0 Å². The zero-order valence-electron chi connectivity index (χ0n) is 14.1. The van der Waals surface area contributed by atoms with Crippen molar-refractivity contribution < 1.29 is 9.59 Å². The van der Waals surface area contributed by atoms with E-state index in [1.54, 1.807) is 13.8 Å². The summed E-state index contributed by atoms with van der Waals surface area (Å²) in [4.78, 5) is 33.8. The van der Waals surface area contributed by atoms with Gasteiger partial charge in [0.15, 0.2) is 5.13 Å². The number of fused-ring (bicyclic) bond motifs is 1. The third-order valence-corrected chi connectivity index (χ3v) is 7.23. The molecule has 3 heterocycles. The van der Waals surface area contributed by atoms with Gasteiger partial charge in [0, 0.05) is 36.7 Å². The summed E-state index contributed by atoms with van der Waals surface area (Å²) in [6, 6.07) is 0.119. The van der Waals surface area contributed by atoms with Crippen molar-refractivity contribution >= 4 is 51.5 Å². The number of aromatic nitrogens is 2. The van der Waals surface area contributed by atoms with Crippen LogP contribution in [0.4, 0.5) is 5.13 Å². The minimum Gasteiger partial charge on any atom is -0.365 e. The lowest BCUT2D eigenvalue weighted by molar-refractivity contribution is 0.0941. The number of piperidine rings is 1. The second kappa shape index (κ2) is 6.14. The minimum absolute atomic E-state index is 0.119. The average molecular weight is 414 g/mol. The van der Waals surface area contributed by atoms with Gasteiger partial charge in [-0.25, -0.2) is 4.98 Å². The Morgan fingerprint density at radius 3 is 2.42 bits per heavy atom. The van der Waals surface area contributed by atoms with Gasteiger partial charge in [-0.15, -0.1) is 0 Å². The zero-order chi connectivity index (χ0) is 18.7. The molecular formula is C16H17Cl2N5O2S. The highest BCUT2D eigenvalue weighted by Gasteiger charge is 2.57. The van der Waals surface area contributed by atoms with Crippen LogP contribution in [0.5, 0.6) is 0 Å². The molecule has 1 aliphatic carbocycles. The van der Waals surface area contributed by atoms with Crippen LogP contribution in [0.25, 0.3) is 0 Å². The summed E-state index contributed by atoms with van der Waals surface area (Å²) in [5.74, 6) is 0.0468. The normalized spacial score (nSPS) is 23.8. The summed E-state index contributed by atoms with van der Waals surface area (Å²) in [7, 11) is 0. The molecule has 2 aromatic heterocycles. The maximum Gasteiger partial charge on any atom is 0.269 e. The molecule has 2 aliphatic rings. The first-order valence-corrected chi connectivity index (χ1v) is 9.71. The van der Waals surface area contributed by atoms with Gasteiger partial charge in [0.05, 0.1) is 15.7 Å². The molecule has 7 nitrogen and oxygen atoms in total. The molecule has 0 radical (unpaired) electrons. The quantitative estimate of drug-likeness (QED) is 0.715. The molecular weight excluding hydrogens is 397 g/mol. The number of nitrogens with two attached hydrogens (primary N) is 1. The fourth-order valence-corrected chi connectivity index (χ4v) is 4.95. The van der Waals surface area contributed by atoms with E-state index in [0.29, 0.717) is 38.8 Å². The number of aryl methyl sites for hydroxylation is 2. The number of aromatic amines is 1. The molecule has 2 aromatic rings. The van der Waals surface area contributed by atoms with E-state index < -0.39 is 5.91 Å². The Kier molecular flexibility index (Phi) is 4.17. The van der Waals surface area contributed by atoms with Crippen molar-refractivity contribution in [1.29, 1.82) is 0 Å². The lowest BCUT2D eigenvalue weighted by Crippen LogP contribution is -2.34. The maximum atomic E-state index is 12.4. The highest BCUT2D eigenvalue weighted by molar-refractivity contribution is 7.17. The first-order chi connectivity index (χ1) is 12.3. The number of halogens is 2. The molecule has 2 fully saturated rings. The Morgan fingerprint density at radius 2 is 1.92 bits per heavy atom. The summed E-state index contributed by atoms with van der Waals surface area (Å²) < 4.78 is 0. The lowest BCUT2D eigenvalue weighted by Gasteiger charge is -2.19. The predicted octanol–water partition coefficient (Wildman–Crippen LogP) is 2.36. The van der Waals surface area contributed by atoms with E-state index in [-0.39, 0.29) is 17.0 Å². The number of rotatable bonds is 4. The number of primary amides is 1. The average Bonchev–Trinajstić information content (AvgIpc) is 2.97. The van der Waals surface area contributed by atoms with E-state index in [1.807, 2.05) is 0 Å². The van der Waals surface area contributed by atoms with Gasteiger partial charge in [0.1, 0.15) is 10.6 Å². The summed E-state index contributed by atoms with van der Waals surface area (Å²) in [6.07, 6.45) is 0. The smallest absolute Gasteiger partial charge is 0.269 e. The fourth-order valence-electron chi connectivity index (χ4n) is 3.59. The molecule has 26 heavy (non-hydrogen) atoms. The molecule has 138 valence electrons. The topological polar surface area (TPSA) is 104 Å². The van der Waals surface area contributed by atoms with Gasteiger partial charge >= 0.3 is 0 Å². The van der Waals surface area contributed by atoms with Gasteiger partial charge in [-0.3, -0.25) is 9.59 Å². The Morgan fingerprint density at radius 1 is 1.27 bits per heavy atom. The van der Waals surface area contributed by atoms with Crippen molar-refractivity contribution in [3.05, 3.63) is 32.0 Å². The molecule has 1 saturated heterocycles. The number of carbonyl (C=O) groups is 2.